The van der Waals surface area contributed by atoms with Gasteiger partial charge >= 0.3 is 0 Å². The van der Waals surface area contributed by atoms with Crippen LogP contribution in [0.3, 0.4) is 0 Å². The van der Waals surface area contributed by atoms with Gasteiger partial charge < -0.3 is 9.64 Å². The van der Waals surface area contributed by atoms with E-state index in [0.29, 0.717) is 36.5 Å². The van der Waals surface area contributed by atoms with Crippen molar-refractivity contribution < 1.29 is 17.9 Å². The van der Waals surface area contributed by atoms with Gasteiger partial charge in [-0.25, -0.2) is 18.4 Å². The Labute approximate surface area is 191 Å². The molecule has 0 radical (unpaired) electrons. The van der Waals surface area contributed by atoms with Crippen LogP contribution in [0.1, 0.15) is 11.7 Å². The normalized spacial score (nSPS) is 16.8. The number of hydrogen-bond donors (Lipinski definition) is 0. The summed E-state index contributed by atoms with van der Waals surface area (Å²) in [6.07, 6.45) is 6.71. The first-order valence-corrected chi connectivity index (χ1v) is 12.4. The highest BCUT2D eigenvalue weighted by atomic mass is 32.2. The minimum Gasteiger partial charge on any atom is -0.370 e. The number of benzene rings is 2. The summed E-state index contributed by atoms with van der Waals surface area (Å²) in [5.74, 6) is 0.366. The maximum absolute atomic E-state index is 12.5. The van der Waals surface area contributed by atoms with Crippen molar-refractivity contribution >= 4 is 27.2 Å². The third kappa shape index (κ3) is 4.12. The summed E-state index contributed by atoms with van der Waals surface area (Å²) < 4.78 is 32.5. The van der Waals surface area contributed by atoms with Crippen LogP contribution in [-0.2, 0) is 19.4 Å². The van der Waals surface area contributed by atoms with Crippen LogP contribution in [0.5, 0.6) is 0 Å². The molecule has 4 aromatic rings. The van der Waals surface area contributed by atoms with Crippen molar-refractivity contribution in [2.75, 3.05) is 26.0 Å². The van der Waals surface area contributed by atoms with E-state index in [1.165, 1.54) is 6.26 Å². The van der Waals surface area contributed by atoms with Crippen LogP contribution in [0, 0.1) is 0 Å². The number of sulfone groups is 1. The number of amides is 1. The first-order valence-electron chi connectivity index (χ1n) is 10.5. The fourth-order valence-electron chi connectivity index (χ4n) is 4.07. The van der Waals surface area contributed by atoms with E-state index in [-0.39, 0.29) is 11.0 Å². The molecule has 1 aliphatic heterocycles. The predicted molar refractivity (Wildman–Crippen MR) is 124 cm³/mol. The number of aromatic nitrogens is 3. The topological polar surface area (TPSA) is 94.4 Å². The minimum atomic E-state index is -3.48. The molecule has 1 saturated heterocycles. The molecule has 0 N–H and O–H groups in total. The summed E-state index contributed by atoms with van der Waals surface area (Å²) in [4.78, 5) is 22.1. The van der Waals surface area contributed by atoms with Crippen LogP contribution in [0.4, 0.5) is 0 Å². The SMILES string of the molecule is CS(=O)(=O)c1cn(-c2ncc(-c3ccccc3)cn2)c2cc(C3CN(C=O)CCO3)ccc12. The third-order valence-corrected chi connectivity index (χ3v) is 6.90. The second-order valence-corrected chi connectivity index (χ2v) is 9.99. The van der Waals surface area contributed by atoms with Gasteiger partial charge in [-0.3, -0.25) is 9.36 Å². The van der Waals surface area contributed by atoms with Gasteiger partial charge in [0.15, 0.2) is 9.84 Å². The Morgan fingerprint density at radius 3 is 2.52 bits per heavy atom. The Kier molecular flexibility index (Phi) is 5.43. The van der Waals surface area contributed by atoms with Crippen LogP contribution in [0.2, 0.25) is 0 Å². The lowest BCUT2D eigenvalue weighted by molar-refractivity contribution is -0.125. The largest absolute Gasteiger partial charge is 0.370 e. The second kappa shape index (κ2) is 8.42. The Bertz CT molecular complexity index is 1420. The third-order valence-electron chi connectivity index (χ3n) is 5.77. The number of ether oxygens (including phenoxy) is 1. The van der Waals surface area contributed by atoms with Crippen LogP contribution < -0.4 is 0 Å². The molecule has 0 spiro atoms. The van der Waals surface area contributed by atoms with Gasteiger partial charge in [-0.05, 0) is 17.2 Å². The van der Waals surface area contributed by atoms with E-state index in [4.69, 9.17) is 4.74 Å². The Balaban J connectivity index is 1.60. The van der Waals surface area contributed by atoms with Crippen molar-refractivity contribution in [2.45, 2.75) is 11.0 Å². The van der Waals surface area contributed by atoms with E-state index in [0.717, 1.165) is 23.1 Å². The number of carbonyl (C=O) groups is 1. The summed E-state index contributed by atoms with van der Waals surface area (Å²) >= 11 is 0. The molecule has 1 amide bonds. The molecule has 5 rings (SSSR count). The standard InChI is InChI=1S/C24H22N4O4S/c1-33(30,31)23-15-28(24-25-12-19(13-26-24)17-5-3-2-4-6-17)21-11-18(7-8-20(21)23)22-14-27(16-29)9-10-32-22/h2-8,11-13,15-16,22H,9-10,14H2,1H3. The van der Waals surface area contributed by atoms with E-state index >= 15 is 0 Å². The van der Waals surface area contributed by atoms with Crippen LogP contribution in [0.25, 0.3) is 28.0 Å². The number of nitrogens with zero attached hydrogens (tertiary/aromatic N) is 4. The molecule has 1 fully saturated rings. The quantitative estimate of drug-likeness (QED) is 0.423. The monoisotopic (exact) mass is 462 g/mol. The Hall–Kier alpha value is -3.56. The molecular weight excluding hydrogens is 440 g/mol. The first kappa shape index (κ1) is 21.3. The highest BCUT2D eigenvalue weighted by Gasteiger charge is 2.24. The van der Waals surface area contributed by atoms with Crippen molar-refractivity contribution in [1.82, 2.24) is 19.4 Å². The van der Waals surface area contributed by atoms with Crippen LogP contribution in [-0.4, -0.2) is 60.2 Å². The van der Waals surface area contributed by atoms with E-state index in [2.05, 4.69) is 9.97 Å². The second-order valence-electron chi connectivity index (χ2n) is 8.01. The Morgan fingerprint density at radius 2 is 1.82 bits per heavy atom. The highest BCUT2D eigenvalue weighted by Crippen LogP contribution is 2.32. The molecule has 0 saturated carbocycles. The first-order chi connectivity index (χ1) is 15.9. The van der Waals surface area contributed by atoms with Gasteiger partial charge in [-0.2, -0.15) is 0 Å². The van der Waals surface area contributed by atoms with Gasteiger partial charge in [0.2, 0.25) is 12.4 Å². The highest BCUT2D eigenvalue weighted by molar-refractivity contribution is 7.91. The van der Waals surface area contributed by atoms with Gasteiger partial charge in [-0.1, -0.05) is 42.5 Å². The molecule has 3 heterocycles. The number of hydrogen-bond acceptors (Lipinski definition) is 6. The molecule has 9 heteroatoms. The number of carbonyl (C=O) groups excluding carboxylic acids is 1. The van der Waals surface area contributed by atoms with Gasteiger partial charge in [0.25, 0.3) is 0 Å². The molecule has 2 aromatic heterocycles. The molecule has 8 nitrogen and oxygen atoms in total. The smallest absolute Gasteiger partial charge is 0.234 e. The zero-order valence-electron chi connectivity index (χ0n) is 18.0. The number of morpholine rings is 1. The number of fused-ring (bicyclic) bond motifs is 1. The van der Waals surface area contributed by atoms with Crippen molar-refractivity contribution in [3.63, 3.8) is 0 Å². The summed E-state index contributed by atoms with van der Waals surface area (Å²) in [5.41, 5.74) is 3.38. The van der Waals surface area contributed by atoms with Crippen molar-refractivity contribution in [1.29, 1.82) is 0 Å². The summed E-state index contributed by atoms with van der Waals surface area (Å²) in [6, 6.07) is 15.3. The minimum absolute atomic E-state index is 0.207. The summed E-state index contributed by atoms with van der Waals surface area (Å²) in [6.45, 7) is 1.44. The maximum atomic E-state index is 12.5. The fourth-order valence-corrected chi connectivity index (χ4v) is 4.93. The van der Waals surface area contributed by atoms with E-state index < -0.39 is 9.84 Å². The van der Waals surface area contributed by atoms with Crippen LogP contribution >= 0.6 is 0 Å². The Morgan fingerprint density at radius 1 is 1.06 bits per heavy atom. The van der Waals surface area contributed by atoms with E-state index in [1.54, 1.807) is 34.1 Å². The van der Waals surface area contributed by atoms with E-state index in [9.17, 15) is 13.2 Å². The lowest BCUT2D eigenvalue weighted by atomic mass is 10.1. The molecule has 1 unspecified atom stereocenters. The summed E-state index contributed by atoms with van der Waals surface area (Å²) in [5, 5.41) is 0.583. The van der Waals surface area contributed by atoms with E-state index in [1.807, 2.05) is 42.5 Å². The molecular formula is C24H22N4O4S. The zero-order chi connectivity index (χ0) is 23.0. The predicted octanol–water partition coefficient (Wildman–Crippen LogP) is 3.02. The van der Waals surface area contributed by atoms with Gasteiger partial charge in [0.05, 0.1) is 23.6 Å². The molecule has 0 bridgehead atoms. The zero-order valence-corrected chi connectivity index (χ0v) is 18.8. The van der Waals surface area contributed by atoms with Crippen LogP contribution in [0.15, 0.2) is 72.0 Å². The van der Waals surface area contributed by atoms with Gasteiger partial charge in [0, 0.05) is 42.3 Å². The molecule has 168 valence electrons. The fraction of sp³-hybridized carbons (Fsp3) is 0.208. The van der Waals surface area contributed by atoms with Gasteiger partial charge in [-0.15, -0.1) is 0 Å². The molecule has 0 aliphatic carbocycles. The average molecular weight is 463 g/mol. The lowest BCUT2D eigenvalue weighted by Crippen LogP contribution is -2.37. The molecule has 1 atom stereocenters. The average Bonchev–Trinajstić information content (AvgIpc) is 3.24. The lowest BCUT2D eigenvalue weighted by Gasteiger charge is -2.30. The van der Waals surface area contributed by atoms with Crippen molar-refractivity contribution in [3.05, 3.63) is 72.7 Å². The molecule has 2 aromatic carbocycles. The van der Waals surface area contributed by atoms with Gasteiger partial charge in [0.1, 0.15) is 6.10 Å². The van der Waals surface area contributed by atoms with Crippen molar-refractivity contribution in [2.24, 2.45) is 0 Å². The summed E-state index contributed by atoms with van der Waals surface area (Å²) in [7, 11) is -3.48. The van der Waals surface area contributed by atoms with Crippen molar-refractivity contribution in [3.8, 4) is 17.1 Å². The molecule has 1 aliphatic rings. The maximum Gasteiger partial charge on any atom is 0.234 e. The number of rotatable bonds is 5. The molecule has 33 heavy (non-hydrogen) atoms.